The Hall–Kier alpha value is -1.81. The maximum absolute atomic E-state index is 5.73. The molecule has 0 aliphatic rings. The Morgan fingerprint density at radius 3 is 2.85 bits per heavy atom. The van der Waals surface area contributed by atoms with Gasteiger partial charge < -0.3 is 10.2 Å². The van der Waals surface area contributed by atoms with Gasteiger partial charge in [-0.2, -0.15) is 4.98 Å². The van der Waals surface area contributed by atoms with Crippen molar-refractivity contribution in [3.05, 3.63) is 42.1 Å². The van der Waals surface area contributed by atoms with Crippen molar-refractivity contribution in [1.82, 2.24) is 9.97 Å². The van der Waals surface area contributed by atoms with Crippen LogP contribution in [0.25, 0.3) is 0 Å². The monoisotopic (exact) mass is 290 g/mol. The van der Waals surface area contributed by atoms with Crippen molar-refractivity contribution in [2.24, 2.45) is 0 Å². The maximum Gasteiger partial charge on any atom is 0.226 e. The fourth-order valence-electron chi connectivity index (χ4n) is 1.86. The number of aromatic nitrogens is 2. The Morgan fingerprint density at radius 1 is 1.25 bits per heavy atom. The van der Waals surface area contributed by atoms with Crippen molar-refractivity contribution < 1.29 is 0 Å². The molecular weight excluding hydrogens is 272 g/mol. The molecule has 1 aromatic carbocycles. The fraction of sp³-hybridized carbons (Fsp3) is 0.333. The van der Waals surface area contributed by atoms with E-state index in [1.165, 1.54) is 5.56 Å². The van der Waals surface area contributed by atoms with Gasteiger partial charge in [-0.25, -0.2) is 4.98 Å². The van der Waals surface area contributed by atoms with Gasteiger partial charge >= 0.3 is 0 Å². The summed E-state index contributed by atoms with van der Waals surface area (Å²) in [6.45, 7) is 0. The Bertz CT molecular complexity index is 557. The first-order valence-electron chi connectivity index (χ1n) is 6.61. The molecule has 20 heavy (non-hydrogen) atoms. The van der Waals surface area contributed by atoms with Crippen LogP contribution in [0.4, 0.5) is 17.5 Å². The van der Waals surface area contributed by atoms with Crippen LogP contribution in [0.2, 0.25) is 0 Å². The summed E-state index contributed by atoms with van der Waals surface area (Å²) >= 11 is 5.73. The number of alkyl halides is 1. The van der Waals surface area contributed by atoms with E-state index >= 15 is 0 Å². The van der Waals surface area contributed by atoms with Crippen molar-refractivity contribution in [2.75, 3.05) is 30.2 Å². The van der Waals surface area contributed by atoms with Crippen LogP contribution in [0.3, 0.4) is 0 Å². The molecule has 0 spiro atoms. The molecule has 1 aromatic heterocycles. The third-order valence-electron chi connectivity index (χ3n) is 2.84. The van der Waals surface area contributed by atoms with E-state index in [0.717, 1.165) is 24.3 Å². The standard InChI is InChI=1S/C15H19ClN4/c1-20(2)15-17-10-8-14(19-15)18-13-7-3-5-12(11-13)6-4-9-16/h3,5,7-8,10-11H,4,6,9H2,1-2H3,(H,17,18,19). The zero-order chi connectivity index (χ0) is 14.4. The van der Waals surface area contributed by atoms with E-state index in [9.17, 15) is 0 Å². The smallest absolute Gasteiger partial charge is 0.226 e. The molecule has 0 unspecified atom stereocenters. The molecule has 106 valence electrons. The second-order valence-electron chi connectivity index (χ2n) is 4.75. The average Bonchev–Trinajstić information content (AvgIpc) is 2.46. The number of hydrogen-bond donors (Lipinski definition) is 1. The number of benzene rings is 1. The van der Waals surface area contributed by atoms with Crippen molar-refractivity contribution in [1.29, 1.82) is 0 Å². The van der Waals surface area contributed by atoms with Crippen LogP contribution < -0.4 is 10.2 Å². The number of anilines is 3. The Kier molecular flexibility index (Phi) is 5.18. The quantitative estimate of drug-likeness (QED) is 0.827. The molecule has 5 heteroatoms. The maximum atomic E-state index is 5.73. The SMILES string of the molecule is CN(C)c1nccc(Nc2cccc(CCCCl)c2)n1. The molecular formula is C15H19ClN4. The summed E-state index contributed by atoms with van der Waals surface area (Å²) in [5.74, 6) is 2.17. The summed E-state index contributed by atoms with van der Waals surface area (Å²) in [5.41, 5.74) is 2.30. The van der Waals surface area contributed by atoms with Gasteiger partial charge in [0.2, 0.25) is 5.95 Å². The predicted octanol–water partition coefficient (Wildman–Crippen LogP) is 3.46. The lowest BCUT2D eigenvalue weighted by Crippen LogP contribution is -2.13. The van der Waals surface area contributed by atoms with Crippen molar-refractivity contribution in [3.63, 3.8) is 0 Å². The number of rotatable bonds is 6. The second-order valence-corrected chi connectivity index (χ2v) is 5.13. The first-order chi connectivity index (χ1) is 9.69. The number of nitrogens with zero attached hydrogens (tertiary/aromatic N) is 3. The van der Waals surface area contributed by atoms with Gasteiger partial charge in [0.1, 0.15) is 5.82 Å². The molecule has 0 radical (unpaired) electrons. The molecule has 0 bridgehead atoms. The highest BCUT2D eigenvalue weighted by Crippen LogP contribution is 2.18. The minimum absolute atomic E-state index is 0.688. The summed E-state index contributed by atoms with van der Waals surface area (Å²) in [7, 11) is 3.85. The largest absolute Gasteiger partial charge is 0.347 e. The van der Waals surface area contributed by atoms with Crippen LogP contribution in [0.5, 0.6) is 0 Å². The molecule has 0 aliphatic heterocycles. The van der Waals surface area contributed by atoms with E-state index in [4.69, 9.17) is 11.6 Å². The van der Waals surface area contributed by atoms with Crippen LogP contribution in [0.1, 0.15) is 12.0 Å². The van der Waals surface area contributed by atoms with Gasteiger partial charge in [-0.3, -0.25) is 0 Å². The summed E-state index contributed by atoms with van der Waals surface area (Å²) < 4.78 is 0. The molecule has 0 saturated heterocycles. The number of nitrogens with one attached hydrogen (secondary N) is 1. The Balaban J connectivity index is 2.11. The lowest BCUT2D eigenvalue weighted by Gasteiger charge is -2.12. The zero-order valence-electron chi connectivity index (χ0n) is 11.8. The van der Waals surface area contributed by atoms with E-state index in [2.05, 4.69) is 27.4 Å². The summed E-state index contributed by atoms with van der Waals surface area (Å²) in [5, 5.41) is 3.31. The van der Waals surface area contributed by atoms with Crippen LogP contribution in [-0.2, 0) is 6.42 Å². The molecule has 1 N–H and O–H groups in total. The minimum atomic E-state index is 0.688. The van der Waals surface area contributed by atoms with Crippen LogP contribution in [0, 0.1) is 0 Å². The van der Waals surface area contributed by atoms with E-state index in [1.807, 2.05) is 37.2 Å². The van der Waals surface area contributed by atoms with E-state index in [0.29, 0.717) is 11.8 Å². The number of halogens is 1. The number of hydrogen-bond acceptors (Lipinski definition) is 4. The third-order valence-corrected chi connectivity index (χ3v) is 3.11. The van der Waals surface area contributed by atoms with Crippen LogP contribution in [0.15, 0.2) is 36.5 Å². The van der Waals surface area contributed by atoms with Crippen molar-refractivity contribution in [3.8, 4) is 0 Å². The predicted molar refractivity (Wildman–Crippen MR) is 85.1 cm³/mol. The zero-order valence-corrected chi connectivity index (χ0v) is 12.6. The third kappa shape index (κ3) is 4.10. The van der Waals surface area contributed by atoms with Gasteiger partial charge in [0.05, 0.1) is 0 Å². The highest BCUT2D eigenvalue weighted by molar-refractivity contribution is 6.17. The highest BCUT2D eigenvalue weighted by atomic mass is 35.5. The summed E-state index contributed by atoms with van der Waals surface area (Å²) in [6.07, 6.45) is 3.73. The van der Waals surface area contributed by atoms with Gasteiger partial charge in [0.15, 0.2) is 0 Å². The van der Waals surface area contributed by atoms with E-state index in [1.54, 1.807) is 6.20 Å². The van der Waals surface area contributed by atoms with E-state index in [-0.39, 0.29) is 0 Å². The first kappa shape index (κ1) is 14.6. The van der Waals surface area contributed by atoms with Gasteiger partial charge in [0.25, 0.3) is 0 Å². The molecule has 0 saturated carbocycles. The van der Waals surface area contributed by atoms with Crippen molar-refractivity contribution >= 4 is 29.1 Å². The summed E-state index contributed by atoms with van der Waals surface area (Å²) in [4.78, 5) is 10.5. The molecule has 1 heterocycles. The van der Waals surface area contributed by atoms with Gasteiger partial charge in [-0.1, -0.05) is 12.1 Å². The Morgan fingerprint density at radius 2 is 2.10 bits per heavy atom. The molecule has 2 aromatic rings. The highest BCUT2D eigenvalue weighted by Gasteiger charge is 2.02. The van der Waals surface area contributed by atoms with E-state index < -0.39 is 0 Å². The fourth-order valence-corrected chi connectivity index (χ4v) is 1.99. The number of aryl methyl sites for hydroxylation is 1. The molecule has 0 atom stereocenters. The molecule has 2 rings (SSSR count). The Labute approximate surface area is 124 Å². The molecule has 0 amide bonds. The van der Waals surface area contributed by atoms with Gasteiger partial charge in [-0.05, 0) is 36.6 Å². The second kappa shape index (κ2) is 7.10. The lowest BCUT2D eigenvalue weighted by molar-refractivity contribution is 0.929. The van der Waals surface area contributed by atoms with Crippen LogP contribution in [-0.4, -0.2) is 29.9 Å². The average molecular weight is 291 g/mol. The van der Waals surface area contributed by atoms with Gasteiger partial charge in [0, 0.05) is 31.9 Å². The lowest BCUT2D eigenvalue weighted by atomic mass is 10.1. The molecule has 0 aliphatic carbocycles. The van der Waals surface area contributed by atoms with Crippen LogP contribution >= 0.6 is 11.6 Å². The van der Waals surface area contributed by atoms with Crippen molar-refractivity contribution in [2.45, 2.75) is 12.8 Å². The first-order valence-corrected chi connectivity index (χ1v) is 7.15. The molecule has 0 fully saturated rings. The normalized spacial score (nSPS) is 10.3. The topological polar surface area (TPSA) is 41.1 Å². The van der Waals surface area contributed by atoms with Gasteiger partial charge in [-0.15, -0.1) is 11.6 Å². The summed E-state index contributed by atoms with van der Waals surface area (Å²) in [6, 6.07) is 10.2. The minimum Gasteiger partial charge on any atom is -0.347 e. The molecule has 4 nitrogen and oxygen atoms in total.